The predicted molar refractivity (Wildman–Crippen MR) is 112 cm³/mol. The highest BCUT2D eigenvalue weighted by atomic mass is 32.2. The van der Waals surface area contributed by atoms with Crippen molar-refractivity contribution in [1.82, 2.24) is 3.97 Å². The molecule has 3 unspecified atom stereocenters. The van der Waals surface area contributed by atoms with Gasteiger partial charge >= 0.3 is 6.18 Å². The van der Waals surface area contributed by atoms with Crippen LogP contribution in [0.1, 0.15) is 29.0 Å². The van der Waals surface area contributed by atoms with Crippen LogP contribution in [-0.4, -0.2) is 31.5 Å². The maximum Gasteiger partial charge on any atom is 0.416 e. The van der Waals surface area contributed by atoms with Gasteiger partial charge in [-0.3, -0.25) is 4.79 Å². The molecule has 1 saturated carbocycles. The molecule has 6 nitrogen and oxygen atoms in total. The lowest BCUT2D eigenvalue weighted by Crippen LogP contribution is -2.32. The number of halogens is 3. The summed E-state index contributed by atoms with van der Waals surface area (Å²) in [6, 6.07) is 9.17. The second kappa shape index (κ2) is 7.63. The molecule has 1 fully saturated rings. The molecule has 1 heterocycles. The number of primary amides is 1. The van der Waals surface area contributed by atoms with Crippen LogP contribution in [0.3, 0.4) is 0 Å². The van der Waals surface area contributed by atoms with Gasteiger partial charge in [0.15, 0.2) is 0 Å². The van der Waals surface area contributed by atoms with Crippen molar-refractivity contribution in [3.05, 3.63) is 65.4 Å². The lowest BCUT2D eigenvalue weighted by atomic mass is 10.0. The van der Waals surface area contributed by atoms with Gasteiger partial charge in [0.05, 0.1) is 16.0 Å². The molecule has 170 valence electrons. The Kier molecular flexibility index (Phi) is 5.33. The Morgan fingerprint density at radius 2 is 1.84 bits per heavy atom. The van der Waals surface area contributed by atoms with Crippen LogP contribution in [0.25, 0.3) is 10.9 Å². The molecular weight excluding hydrogens is 445 g/mol. The molecule has 0 aliphatic heterocycles. The number of rotatable bonds is 6. The van der Waals surface area contributed by atoms with E-state index in [0.717, 1.165) is 27.7 Å². The van der Waals surface area contributed by atoms with E-state index in [2.05, 4.69) is 0 Å². The van der Waals surface area contributed by atoms with E-state index in [0.29, 0.717) is 12.0 Å². The van der Waals surface area contributed by atoms with Gasteiger partial charge in [-0.15, -0.1) is 0 Å². The van der Waals surface area contributed by atoms with Crippen molar-refractivity contribution in [1.29, 1.82) is 0 Å². The highest BCUT2D eigenvalue weighted by Crippen LogP contribution is 2.53. The second-order valence-corrected chi connectivity index (χ2v) is 9.81. The highest BCUT2D eigenvalue weighted by molar-refractivity contribution is 7.90. The zero-order chi connectivity index (χ0) is 23.4. The van der Waals surface area contributed by atoms with Crippen LogP contribution < -0.4 is 5.73 Å². The normalized spacial score (nSPS) is 19.8. The maximum absolute atomic E-state index is 13.4. The summed E-state index contributed by atoms with van der Waals surface area (Å²) in [5.41, 5.74) is 5.90. The number of nitrogens with two attached hydrogens (primary N) is 1. The zero-order valence-electron chi connectivity index (χ0n) is 17.3. The minimum absolute atomic E-state index is 0.0192. The molecule has 2 aromatic carbocycles. The molecule has 32 heavy (non-hydrogen) atoms. The molecule has 1 amide bonds. The molecule has 3 atom stereocenters. The number of nitrogens with zero attached hydrogens (tertiary/aromatic N) is 1. The minimum atomic E-state index is -4.59. The predicted octanol–water partition coefficient (Wildman–Crippen LogP) is 3.81. The van der Waals surface area contributed by atoms with E-state index in [1.54, 1.807) is 12.1 Å². The number of aromatic nitrogens is 1. The molecule has 2 N–H and O–H groups in total. The number of hydrogen-bond acceptors (Lipinski definition) is 4. The summed E-state index contributed by atoms with van der Waals surface area (Å²) in [6.07, 6.45) is -3.70. The monoisotopic (exact) mass is 466 g/mol. The number of hydrogen-bond donors (Lipinski definition) is 1. The van der Waals surface area contributed by atoms with Crippen LogP contribution in [0.2, 0.25) is 0 Å². The zero-order valence-corrected chi connectivity index (χ0v) is 18.1. The number of carbonyl (C=O) groups is 1. The fourth-order valence-corrected chi connectivity index (χ4v) is 5.51. The lowest BCUT2D eigenvalue weighted by molar-refractivity contribution is -0.137. The maximum atomic E-state index is 13.4. The number of ether oxygens (including phenoxy) is 1. The van der Waals surface area contributed by atoms with Crippen LogP contribution in [-0.2, 0) is 25.7 Å². The van der Waals surface area contributed by atoms with Crippen molar-refractivity contribution >= 4 is 26.8 Å². The fourth-order valence-electron chi connectivity index (χ4n) is 4.13. The van der Waals surface area contributed by atoms with E-state index >= 15 is 0 Å². The van der Waals surface area contributed by atoms with E-state index in [-0.39, 0.29) is 27.6 Å². The van der Waals surface area contributed by atoms with E-state index in [9.17, 15) is 26.4 Å². The highest BCUT2D eigenvalue weighted by Gasteiger charge is 2.48. The molecular formula is C22H21F3N2O4S. The standard InChI is InChI=1S/C22H21F3N2O4S/c1-12-3-6-14(7-4-12)32(29,30)27-11-18(15-10-17(15)20(31-2)21(26)28)16-9-13(22(23,24)25)5-8-19(16)27/h3-9,11,15,17,20H,10H2,1-2H3,(H2,26,28). The van der Waals surface area contributed by atoms with E-state index in [1.807, 2.05) is 6.92 Å². The van der Waals surface area contributed by atoms with Crippen molar-refractivity contribution in [3.63, 3.8) is 0 Å². The third-order valence-electron chi connectivity index (χ3n) is 5.87. The smallest absolute Gasteiger partial charge is 0.371 e. The van der Waals surface area contributed by atoms with Crippen molar-refractivity contribution in [2.45, 2.75) is 36.4 Å². The molecule has 0 bridgehead atoms. The SMILES string of the molecule is COC(C(N)=O)C1CC1c1cn(S(=O)(=O)c2ccc(C)cc2)c2ccc(C(F)(F)F)cc12. The van der Waals surface area contributed by atoms with Gasteiger partial charge in [0, 0.05) is 24.6 Å². The first-order chi connectivity index (χ1) is 14.9. The summed E-state index contributed by atoms with van der Waals surface area (Å²) >= 11 is 0. The third kappa shape index (κ3) is 3.77. The van der Waals surface area contributed by atoms with Crippen LogP contribution in [0, 0.1) is 12.8 Å². The molecule has 4 rings (SSSR count). The first-order valence-corrected chi connectivity index (χ1v) is 11.3. The van der Waals surface area contributed by atoms with Gasteiger partial charge in [0.25, 0.3) is 10.0 Å². The van der Waals surface area contributed by atoms with Crippen molar-refractivity contribution < 1.29 is 31.1 Å². The van der Waals surface area contributed by atoms with Crippen LogP contribution in [0.5, 0.6) is 0 Å². The molecule has 0 radical (unpaired) electrons. The van der Waals surface area contributed by atoms with Crippen LogP contribution in [0.15, 0.2) is 53.6 Å². The van der Waals surface area contributed by atoms with Gasteiger partial charge < -0.3 is 10.5 Å². The van der Waals surface area contributed by atoms with Gasteiger partial charge in [-0.1, -0.05) is 17.7 Å². The van der Waals surface area contributed by atoms with Gasteiger partial charge in [0.2, 0.25) is 5.91 Å². The van der Waals surface area contributed by atoms with Gasteiger partial charge in [0.1, 0.15) is 6.10 Å². The van der Waals surface area contributed by atoms with Crippen molar-refractivity contribution in [2.24, 2.45) is 11.7 Å². The van der Waals surface area contributed by atoms with Gasteiger partial charge in [-0.25, -0.2) is 12.4 Å². The summed E-state index contributed by atoms with van der Waals surface area (Å²) in [5.74, 6) is -1.37. The molecule has 0 saturated heterocycles. The average Bonchev–Trinajstić information content (AvgIpc) is 3.38. The average molecular weight is 466 g/mol. The molecule has 10 heteroatoms. The van der Waals surface area contributed by atoms with E-state index in [1.165, 1.54) is 25.4 Å². The summed E-state index contributed by atoms with van der Waals surface area (Å²) in [5, 5.41) is 0.169. The number of carbonyl (C=O) groups excluding carboxylic acids is 1. The van der Waals surface area contributed by atoms with Gasteiger partial charge in [-0.05, 0) is 55.2 Å². The Bertz CT molecular complexity index is 1300. The number of alkyl halides is 3. The number of aryl methyl sites for hydroxylation is 1. The lowest BCUT2D eigenvalue weighted by Gasteiger charge is -2.11. The number of fused-ring (bicyclic) bond motifs is 1. The van der Waals surface area contributed by atoms with E-state index < -0.39 is 33.8 Å². The number of benzene rings is 2. The summed E-state index contributed by atoms with van der Waals surface area (Å²) in [6.45, 7) is 1.82. The van der Waals surface area contributed by atoms with Gasteiger partial charge in [-0.2, -0.15) is 13.2 Å². The summed E-state index contributed by atoms with van der Waals surface area (Å²) < 4.78 is 72.9. The molecule has 1 aromatic heterocycles. The minimum Gasteiger partial charge on any atom is -0.371 e. The Labute approximate surface area is 182 Å². The Balaban J connectivity index is 1.88. The number of amides is 1. The molecule has 3 aromatic rings. The largest absolute Gasteiger partial charge is 0.416 e. The first kappa shape index (κ1) is 22.3. The van der Waals surface area contributed by atoms with Crippen LogP contribution in [0.4, 0.5) is 13.2 Å². The second-order valence-electron chi connectivity index (χ2n) is 7.99. The fraction of sp³-hybridized carbons (Fsp3) is 0.318. The first-order valence-electron chi connectivity index (χ1n) is 9.81. The Hall–Kier alpha value is -2.85. The summed E-state index contributed by atoms with van der Waals surface area (Å²) in [4.78, 5) is 11.7. The molecule has 0 spiro atoms. The molecule has 1 aliphatic rings. The quantitative estimate of drug-likeness (QED) is 0.598. The number of methoxy groups -OCH3 is 1. The summed E-state index contributed by atoms with van der Waals surface area (Å²) in [7, 11) is -2.73. The van der Waals surface area contributed by atoms with Crippen molar-refractivity contribution in [2.75, 3.05) is 7.11 Å². The molecule has 1 aliphatic carbocycles. The van der Waals surface area contributed by atoms with Crippen LogP contribution >= 0.6 is 0 Å². The Morgan fingerprint density at radius 3 is 2.41 bits per heavy atom. The topological polar surface area (TPSA) is 91.4 Å². The van der Waals surface area contributed by atoms with Crippen molar-refractivity contribution in [3.8, 4) is 0 Å². The Morgan fingerprint density at radius 1 is 1.19 bits per heavy atom. The van der Waals surface area contributed by atoms with E-state index in [4.69, 9.17) is 10.5 Å². The third-order valence-corrected chi connectivity index (χ3v) is 7.56.